The van der Waals surface area contributed by atoms with Gasteiger partial charge in [-0.25, -0.2) is 0 Å². The number of carbonyl (C=O) groups excluding carboxylic acids is 1. The Balaban J connectivity index is 1.98. The summed E-state index contributed by atoms with van der Waals surface area (Å²) >= 11 is 0. The van der Waals surface area contributed by atoms with E-state index in [4.69, 9.17) is 5.73 Å². The Kier molecular flexibility index (Phi) is 3.97. The first-order chi connectivity index (χ1) is 8.62. The first kappa shape index (κ1) is 13.0. The van der Waals surface area contributed by atoms with Gasteiger partial charge in [-0.1, -0.05) is 25.3 Å². The number of rotatable bonds is 3. The molecule has 4 nitrogen and oxygen atoms in total. The maximum Gasteiger partial charge on any atom is 0.240 e. The van der Waals surface area contributed by atoms with Crippen LogP contribution < -0.4 is 11.1 Å². The Bertz CT molecular complexity index is 399. The fourth-order valence-electron chi connectivity index (χ4n) is 2.47. The highest BCUT2D eigenvalue weighted by Crippen LogP contribution is 2.26. The third-order valence-corrected chi connectivity index (χ3v) is 3.73. The van der Waals surface area contributed by atoms with Crippen LogP contribution in [0.5, 0.6) is 0 Å². The van der Waals surface area contributed by atoms with E-state index in [1.165, 1.54) is 6.42 Å². The van der Waals surface area contributed by atoms with Crippen LogP contribution in [0, 0.1) is 0 Å². The van der Waals surface area contributed by atoms with Gasteiger partial charge in [0.25, 0.3) is 0 Å². The molecule has 1 amide bonds. The molecule has 1 aromatic rings. The lowest BCUT2D eigenvalue weighted by atomic mass is 9.81. The predicted octanol–water partition coefficient (Wildman–Crippen LogP) is 1.92. The van der Waals surface area contributed by atoms with Crippen molar-refractivity contribution >= 4 is 5.91 Å². The van der Waals surface area contributed by atoms with Crippen molar-refractivity contribution in [1.82, 2.24) is 10.3 Å². The summed E-state index contributed by atoms with van der Waals surface area (Å²) in [5.74, 6) is -0.0291. The molecule has 0 bridgehead atoms. The van der Waals surface area contributed by atoms with E-state index in [2.05, 4.69) is 10.3 Å². The van der Waals surface area contributed by atoms with E-state index in [1.807, 2.05) is 19.1 Å². The van der Waals surface area contributed by atoms with Crippen LogP contribution in [0.15, 0.2) is 24.5 Å². The molecule has 0 aromatic carbocycles. The van der Waals surface area contributed by atoms with Gasteiger partial charge in [-0.3, -0.25) is 9.78 Å². The molecular formula is C14H21N3O. The average molecular weight is 247 g/mol. The molecule has 1 heterocycles. The van der Waals surface area contributed by atoms with Gasteiger partial charge in [-0.2, -0.15) is 0 Å². The summed E-state index contributed by atoms with van der Waals surface area (Å²) in [6.45, 7) is 1.96. The van der Waals surface area contributed by atoms with Gasteiger partial charge in [0, 0.05) is 12.4 Å². The number of nitrogens with one attached hydrogen (secondary N) is 1. The summed E-state index contributed by atoms with van der Waals surface area (Å²) in [7, 11) is 0. The Morgan fingerprint density at radius 3 is 2.78 bits per heavy atom. The molecule has 1 fully saturated rings. The molecule has 3 N–H and O–H groups in total. The van der Waals surface area contributed by atoms with Gasteiger partial charge in [0.2, 0.25) is 5.91 Å². The Labute approximate surface area is 108 Å². The highest BCUT2D eigenvalue weighted by molar-refractivity contribution is 5.86. The molecule has 1 atom stereocenters. The smallest absolute Gasteiger partial charge is 0.240 e. The topological polar surface area (TPSA) is 68.0 Å². The SMILES string of the molecule is CC(NC(=O)C1(N)CCCCC1)c1cccnc1. The van der Waals surface area contributed by atoms with Crippen molar-refractivity contribution in [2.24, 2.45) is 5.73 Å². The summed E-state index contributed by atoms with van der Waals surface area (Å²) in [6, 6.07) is 3.78. The predicted molar refractivity (Wildman–Crippen MR) is 70.8 cm³/mol. The number of nitrogens with zero attached hydrogens (tertiary/aromatic N) is 1. The lowest BCUT2D eigenvalue weighted by Crippen LogP contribution is -2.55. The van der Waals surface area contributed by atoms with Crippen molar-refractivity contribution in [3.63, 3.8) is 0 Å². The molecule has 2 rings (SSSR count). The van der Waals surface area contributed by atoms with Crippen LogP contribution in [0.1, 0.15) is 50.6 Å². The van der Waals surface area contributed by atoms with Crippen LogP contribution in [-0.4, -0.2) is 16.4 Å². The number of nitrogens with two attached hydrogens (primary N) is 1. The molecule has 1 aromatic heterocycles. The highest BCUT2D eigenvalue weighted by Gasteiger charge is 2.35. The molecule has 1 saturated carbocycles. The second-order valence-electron chi connectivity index (χ2n) is 5.20. The number of hydrogen-bond donors (Lipinski definition) is 2. The molecule has 18 heavy (non-hydrogen) atoms. The van der Waals surface area contributed by atoms with Crippen LogP contribution in [0.2, 0.25) is 0 Å². The van der Waals surface area contributed by atoms with Crippen molar-refractivity contribution < 1.29 is 4.79 Å². The Hall–Kier alpha value is -1.42. The van der Waals surface area contributed by atoms with E-state index < -0.39 is 5.54 Å². The Morgan fingerprint density at radius 2 is 2.17 bits per heavy atom. The van der Waals surface area contributed by atoms with Crippen molar-refractivity contribution in [1.29, 1.82) is 0 Å². The summed E-state index contributed by atoms with van der Waals surface area (Å²) in [5.41, 5.74) is 6.53. The first-order valence-corrected chi connectivity index (χ1v) is 6.62. The molecule has 4 heteroatoms. The number of carbonyl (C=O) groups is 1. The molecule has 1 unspecified atom stereocenters. The highest BCUT2D eigenvalue weighted by atomic mass is 16.2. The zero-order valence-electron chi connectivity index (χ0n) is 10.9. The maximum atomic E-state index is 12.2. The molecule has 1 aliphatic rings. The summed E-state index contributed by atoms with van der Waals surface area (Å²) < 4.78 is 0. The fraction of sp³-hybridized carbons (Fsp3) is 0.571. The third kappa shape index (κ3) is 2.88. The van der Waals surface area contributed by atoms with Crippen molar-refractivity contribution in [2.45, 2.75) is 50.6 Å². The standard InChI is InChI=1S/C14H21N3O/c1-11(12-6-5-9-16-10-12)17-13(18)14(15)7-3-2-4-8-14/h5-6,9-11H,2-4,7-8,15H2,1H3,(H,17,18). The fourth-order valence-corrected chi connectivity index (χ4v) is 2.47. The minimum absolute atomic E-state index is 0.0291. The number of aromatic nitrogens is 1. The normalized spacial score (nSPS) is 20.1. The van der Waals surface area contributed by atoms with Gasteiger partial charge in [0.05, 0.1) is 11.6 Å². The third-order valence-electron chi connectivity index (χ3n) is 3.73. The zero-order chi connectivity index (χ0) is 13.0. The number of hydrogen-bond acceptors (Lipinski definition) is 3. The lowest BCUT2D eigenvalue weighted by Gasteiger charge is -2.33. The second-order valence-corrected chi connectivity index (χ2v) is 5.20. The van der Waals surface area contributed by atoms with E-state index in [0.29, 0.717) is 0 Å². The Morgan fingerprint density at radius 1 is 1.44 bits per heavy atom. The van der Waals surface area contributed by atoms with Gasteiger partial charge in [-0.15, -0.1) is 0 Å². The molecule has 0 radical (unpaired) electrons. The van der Waals surface area contributed by atoms with Gasteiger partial charge in [0.15, 0.2) is 0 Å². The van der Waals surface area contributed by atoms with Crippen molar-refractivity contribution in [3.05, 3.63) is 30.1 Å². The second kappa shape index (κ2) is 5.48. The van der Waals surface area contributed by atoms with Gasteiger partial charge in [-0.05, 0) is 31.4 Å². The minimum Gasteiger partial charge on any atom is -0.348 e. The molecule has 98 valence electrons. The molecule has 0 spiro atoms. The van der Waals surface area contributed by atoms with Crippen LogP contribution in [0.25, 0.3) is 0 Å². The molecule has 0 saturated heterocycles. The lowest BCUT2D eigenvalue weighted by molar-refractivity contribution is -0.128. The first-order valence-electron chi connectivity index (χ1n) is 6.62. The number of pyridine rings is 1. The van der Waals surface area contributed by atoms with Crippen LogP contribution in [-0.2, 0) is 4.79 Å². The molecular weight excluding hydrogens is 226 g/mol. The summed E-state index contributed by atoms with van der Waals surface area (Å²) in [4.78, 5) is 16.3. The number of amides is 1. The van der Waals surface area contributed by atoms with Crippen molar-refractivity contribution in [3.8, 4) is 0 Å². The van der Waals surface area contributed by atoms with E-state index in [1.54, 1.807) is 12.4 Å². The zero-order valence-corrected chi connectivity index (χ0v) is 10.9. The molecule has 0 aliphatic heterocycles. The van der Waals surface area contributed by atoms with Gasteiger partial charge in [0.1, 0.15) is 0 Å². The summed E-state index contributed by atoms with van der Waals surface area (Å²) in [6.07, 6.45) is 8.36. The van der Waals surface area contributed by atoms with Crippen molar-refractivity contribution in [2.75, 3.05) is 0 Å². The van der Waals surface area contributed by atoms with E-state index >= 15 is 0 Å². The summed E-state index contributed by atoms with van der Waals surface area (Å²) in [5, 5.41) is 3.00. The monoisotopic (exact) mass is 247 g/mol. The van der Waals surface area contributed by atoms with E-state index in [9.17, 15) is 4.79 Å². The average Bonchev–Trinajstić information content (AvgIpc) is 2.40. The van der Waals surface area contributed by atoms with Gasteiger partial charge >= 0.3 is 0 Å². The van der Waals surface area contributed by atoms with E-state index in [0.717, 1.165) is 31.2 Å². The van der Waals surface area contributed by atoms with Crippen LogP contribution in [0.3, 0.4) is 0 Å². The van der Waals surface area contributed by atoms with Crippen LogP contribution >= 0.6 is 0 Å². The largest absolute Gasteiger partial charge is 0.348 e. The molecule has 1 aliphatic carbocycles. The van der Waals surface area contributed by atoms with E-state index in [-0.39, 0.29) is 11.9 Å². The quantitative estimate of drug-likeness (QED) is 0.857. The van der Waals surface area contributed by atoms with Crippen LogP contribution in [0.4, 0.5) is 0 Å². The maximum absolute atomic E-state index is 12.2. The van der Waals surface area contributed by atoms with Gasteiger partial charge < -0.3 is 11.1 Å². The minimum atomic E-state index is -0.672.